The molecular formula is C14H12ClN3. The van der Waals surface area contributed by atoms with Crippen LogP contribution < -0.4 is 0 Å². The summed E-state index contributed by atoms with van der Waals surface area (Å²) < 4.78 is 2.15. The van der Waals surface area contributed by atoms with Gasteiger partial charge in [-0.05, 0) is 36.8 Å². The third kappa shape index (κ3) is 1.97. The number of halogens is 1. The Morgan fingerprint density at radius 3 is 2.78 bits per heavy atom. The Morgan fingerprint density at radius 2 is 2.00 bits per heavy atom. The average Bonchev–Trinajstić information content (AvgIpc) is 2.67. The van der Waals surface area contributed by atoms with Gasteiger partial charge in [-0.1, -0.05) is 11.6 Å². The molecular weight excluding hydrogens is 246 g/mol. The Balaban J connectivity index is 2.08. The maximum Gasteiger partial charge on any atom is 0.147 e. The Morgan fingerprint density at radius 1 is 1.22 bits per heavy atom. The molecule has 0 unspecified atom stereocenters. The van der Waals surface area contributed by atoms with Crippen molar-refractivity contribution in [1.82, 2.24) is 14.5 Å². The Hall–Kier alpha value is -1.87. The Labute approximate surface area is 110 Å². The standard InChI is InChI=1S/C14H12ClN3/c1-10-8-18(9-14-16-5-2-6-17-14)13-4-3-11(15)7-12(10)13/h2-8H,9H2,1H3. The fourth-order valence-corrected chi connectivity index (χ4v) is 2.31. The average molecular weight is 258 g/mol. The first-order valence-corrected chi connectivity index (χ1v) is 6.13. The van der Waals surface area contributed by atoms with Gasteiger partial charge in [0.25, 0.3) is 0 Å². The number of nitrogens with zero attached hydrogens (tertiary/aromatic N) is 3. The van der Waals surface area contributed by atoms with E-state index in [1.54, 1.807) is 12.4 Å². The monoisotopic (exact) mass is 257 g/mol. The first-order chi connectivity index (χ1) is 8.74. The quantitative estimate of drug-likeness (QED) is 0.704. The SMILES string of the molecule is Cc1cn(Cc2ncccn2)c2ccc(Cl)cc12. The van der Waals surface area contributed by atoms with Crippen LogP contribution in [-0.4, -0.2) is 14.5 Å². The molecule has 2 heterocycles. The third-order valence-electron chi connectivity index (χ3n) is 2.97. The molecule has 0 atom stereocenters. The second-order valence-electron chi connectivity index (χ2n) is 4.27. The number of fused-ring (bicyclic) bond motifs is 1. The van der Waals surface area contributed by atoms with E-state index in [1.807, 2.05) is 24.3 Å². The fourth-order valence-electron chi connectivity index (χ4n) is 2.14. The molecule has 0 bridgehead atoms. The van der Waals surface area contributed by atoms with Gasteiger partial charge in [0.1, 0.15) is 5.82 Å². The van der Waals surface area contributed by atoms with E-state index in [9.17, 15) is 0 Å². The first kappa shape index (κ1) is 11.2. The van der Waals surface area contributed by atoms with Crippen LogP contribution >= 0.6 is 11.6 Å². The zero-order valence-electron chi connectivity index (χ0n) is 9.97. The summed E-state index contributed by atoms with van der Waals surface area (Å²) in [7, 11) is 0. The minimum absolute atomic E-state index is 0.673. The van der Waals surface area contributed by atoms with Gasteiger partial charge in [0.2, 0.25) is 0 Å². The smallest absolute Gasteiger partial charge is 0.147 e. The highest BCUT2D eigenvalue weighted by atomic mass is 35.5. The molecule has 3 rings (SSSR count). The Kier molecular flexibility index (Phi) is 2.76. The fraction of sp³-hybridized carbons (Fsp3) is 0.143. The molecule has 0 saturated carbocycles. The predicted octanol–water partition coefficient (Wildman–Crippen LogP) is 3.44. The maximum atomic E-state index is 6.03. The molecule has 0 spiro atoms. The second-order valence-corrected chi connectivity index (χ2v) is 4.70. The van der Waals surface area contributed by atoms with Crippen molar-refractivity contribution in [1.29, 1.82) is 0 Å². The summed E-state index contributed by atoms with van der Waals surface area (Å²) in [5.74, 6) is 0.810. The van der Waals surface area contributed by atoms with E-state index in [4.69, 9.17) is 11.6 Å². The molecule has 0 saturated heterocycles. The van der Waals surface area contributed by atoms with Crippen LogP contribution in [0.5, 0.6) is 0 Å². The molecule has 4 heteroatoms. The van der Waals surface area contributed by atoms with Crippen LogP contribution in [0.15, 0.2) is 42.9 Å². The van der Waals surface area contributed by atoms with Crippen LogP contribution in [-0.2, 0) is 6.54 Å². The highest BCUT2D eigenvalue weighted by Gasteiger charge is 2.07. The van der Waals surface area contributed by atoms with E-state index in [-0.39, 0.29) is 0 Å². The number of benzene rings is 1. The normalized spacial score (nSPS) is 11.0. The predicted molar refractivity (Wildman–Crippen MR) is 72.8 cm³/mol. The first-order valence-electron chi connectivity index (χ1n) is 5.75. The zero-order chi connectivity index (χ0) is 12.5. The van der Waals surface area contributed by atoms with Crippen molar-refractivity contribution in [2.75, 3.05) is 0 Å². The van der Waals surface area contributed by atoms with E-state index in [0.29, 0.717) is 6.54 Å². The van der Waals surface area contributed by atoms with Gasteiger partial charge in [0, 0.05) is 34.5 Å². The van der Waals surface area contributed by atoms with Crippen molar-refractivity contribution >= 4 is 22.5 Å². The number of aromatic nitrogens is 3. The van der Waals surface area contributed by atoms with E-state index in [0.717, 1.165) is 16.4 Å². The highest BCUT2D eigenvalue weighted by molar-refractivity contribution is 6.31. The summed E-state index contributed by atoms with van der Waals surface area (Å²) in [5, 5.41) is 1.94. The molecule has 18 heavy (non-hydrogen) atoms. The lowest BCUT2D eigenvalue weighted by atomic mass is 10.2. The topological polar surface area (TPSA) is 30.7 Å². The molecule has 0 fully saturated rings. The molecule has 0 amide bonds. The lowest BCUT2D eigenvalue weighted by Gasteiger charge is -2.03. The van der Waals surface area contributed by atoms with Crippen molar-refractivity contribution in [3.05, 3.63) is 59.3 Å². The third-order valence-corrected chi connectivity index (χ3v) is 3.21. The minimum Gasteiger partial charge on any atom is -0.340 e. The second kappa shape index (κ2) is 4.42. The summed E-state index contributed by atoms with van der Waals surface area (Å²) in [5.41, 5.74) is 2.37. The number of hydrogen-bond acceptors (Lipinski definition) is 2. The molecule has 0 radical (unpaired) electrons. The van der Waals surface area contributed by atoms with Crippen molar-refractivity contribution in [3.63, 3.8) is 0 Å². The van der Waals surface area contributed by atoms with Gasteiger partial charge in [-0.25, -0.2) is 9.97 Å². The van der Waals surface area contributed by atoms with Gasteiger partial charge in [-0.2, -0.15) is 0 Å². The summed E-state index contributed by atoms with van der Waals surface area (Å²) in [6, 6.07) is 7.76. The Bertz CT molecular complexity index is 689. The molecule has 90 valence electrons. The van der Waals surface area contributed by atoms with Gasteiger partial charge in [-0.3, -0.25) is 0 Å². The summed E-state index contributed by atoms with van der Waals surface area (Å²) in [6.45, 7) is 2.76. The molecule has 3 aromatic rings. The molecule has 1 aromatic carbocycles. The van der Waals surface area contributed by atoms with Crippen LogP contribution in [0.1, 0.15) is 11.4 Å². The molecule has 0 aliphatic carbocycles. The van der Waals surface area contributed by atoms with Gasteiger partial charge >= 0.3 is 0 Å². The number of rotatable bonds is 2. The molecule has 2 aromatic heterocycles. The molecule has 0 aliphatic heterocycles. The van der Waals surface area contributed by atoms with Crippen LogP contribution in [0, 0.1) is 6.92 Å². The van der Waals surface area contributed by atoms with Crippen molar-refractivity contribution in [2.45, 2.75) is 13.5 Å². The van der Waals surface area contributed by atoms with E-state index in [2.05, 4.69) is 27.7 Å². The summed E-state index contributed by atoms with van der Waals surface area (Å²) >= 11 is 6.03. The van der Waals surface area contributed by atoms with Gasteiger partial charge in [0.15, 0.2) is 0 Å². The van der Waals surface area contributed by atoms with Gasteiger partial charge < -0.3 is 4.57 Å². The molecule has 3 nitrogen and oxygen atoms in total. The van der Waals surface area contributed by atoms with E-state index < -0.39 is 0 Å². The van der Waals surface area contributed by atoms with Crippen molar-refractivity contribution in [3.8, 4) is 0 Å². The van der Waals surface area contributed by atoms with Crippen LogP contribution in [0.4, 0.5) is 0 Å². The van der Waals surface area contributed by atoms with Crippen molar-refractivity contribution < 1.29 is 0 Å². The van der Waals surface area contributed by atoms with Gasteiger partial charge in [0.05, 0.1) is 6.54 Å². The minimum atomic E-state index is 0.673. The lowest BCUT2D eigenvalue weighted by Crippen LogP contribution is -2.02. The highest BCUT2D eigenvalue weighted by Crippen LogP contribution is 2.24. The zero-order valence-corrected chi connectivity index (χ0v) is 10.7. The maximum absolute atomic E-state index is 6.03. The number of hydrogen-bond donors (Lipinski definition) is 0. The van der Waals surface area contributed by atoms with Crippen LogP contribution in [0.2, 0.25) is 5.02 Å². The summed E-state index contributed by atoms with van der Waals surface area (Å²) in [4.78, 5) is 8.50. The van der Waals surface area contributed by atoms with E-state index in [1.165, 1.54) is 10.9 Å². The molecule has 0 N–H and O–H groups in total. The van der Waals surface area contributed by atoms with E-state index >= 15 is 0 Å². The van der Waals surface area contributed by atoms with Gasteiger partial charge in [-0.15, -0.1) is 0 Å². The van der Waals surface area contributed by atoms with Crippen molar-refractivity contribution in [2.24, 2.45) is 0 Å². The lowest BCUT2D eigenvalue weighted by molar-refractivity contribution is 0.769. The number of aryl methyl sites for hydroxylation is 1. The van der Waals surface area contributed by atoms with Crippen LogP contribution in [0.3, 0.4) is 0 Å². The summed E-state index contributed by atoms with van der Waals surface area (Å²) in [6.07, 6.45) is 5.63. The largest absolute Gasteiger partial charge is 0.340 e. The van der Waals surface area contributed by atoms with Crippen LogP contribution in [0.25, 0.3) is 10.9 Å². The molecule has 0 aliphatic rings.